The first-order valence-electron chi connectivity index (χ1n) is 10.4. The van der Waals surface area contributed by atoms with Gasteiger partial charge in [-0.25, -0.2) is 0 Å². The summed E-state index contributed by atoms with van der Waals surface area (Å²) in [6.45, 7) is 5.42. The number of rotatable bonds is 4. The fraction of sp³-hybridized carbons (Fsp3) is 0.800. The molecule has 3 atom stereocenters. The summed E-state index contributed by atoms with van der Waals surface area (Å²) in [5.74, 6) is 2.89. The summed E-state index contributed by atoms with van der Waals surface area (Å²) in [5.41, 5.74) is 1.15. The molecule has 27 heavy (non-hydrogen) atoms. The van der Waals surface area contributed by atoms with Gasteiger partial charge in [0.2, 0.25) is 0 Å². The minimum atomic E-state index is 0. The Morgan fingerprint density at radius 1 is 1.33 bits per heavy atom. The highest BCUT2D eigenvalue weighted by Gasteiger charge is 2.44. The van der Waals surface area contributed by atoms with Crippen molar-refractivity contribution in [3.8, 4) is 0 Å². The minimum absolute atomic E-state index is 0. The largest absolute Gasteiger partial charge is 0.370 e. The summed E-state index contributed by atoms with van der Waals surface area (Å²) in [6.07, 6.45) is 12.5. The zero-order valence-electron chi connectivity index (χ0n) is 16.6. The van der Waals surface area contributed by atoms with Gasteiger partial charge in [-0.2, -0.15) is 5.10 Å². The van der Waals surface area contributed by atoms with Crippen molar-refractivity contribution in [3.05, 3.63) is 18.0 Å². The molecule has 3 fully saturated rings. The number of nitrogens with zero attached hydrogens (tertiary/aromatic N) is 4. The second-order valence-electron chi connectivity index (χ2n) is 8.10. The molecule has 3 aliphatic rings. The fourth-order valence-electron chi connectivity index (χ4n) is 4.67. The van der Waals surface area contributed by atoms with Crippen molar-refractivity contribution in [2.45, 2.75) is 57.6 Å². The van der Waals surface area contributed by atoms with Crippen molar-refractivity contribution in [2.75, 3.05) is 26.2 Å². The molecule has 0 aromatic carbocycles. The molecule has 152 valence electrons. The van der Waals surface area contributed by atoms with Crippen LogP contribution in [0.3, 0.4) is 0 Å². The van der Waals surface area contributed by atoms with Crippen LogP contribution in [0, 0.1) is 11.8 Å². The lowest BCUT2D eigenvalue weighted by atomic mass is 9.85. The monoisotopic (exact) mass is 487 g/mol. The van der Waals surface area contributed by atoms with E-state index in [1.54, 1.807) is 0 Å². The Morgan fingerprint density at radius 3 is 2.85 bits per heavy atom. The number of aryl methyl sites for hydroxylation is 1. The lowest BCUT2D eigenvalue weighted by molar-refractivity contribution is -0.00813. The van der Waals surface area contributed by atoms with Gasteiger partial charge in [0.15, 0.2) is 5.96 Å². The molecule has 1 aromatic rings. The first kappa shape index (κ1) is 20.9. The molecular weight excluding hydrogens is 453 g/mol. The van der Waals surface area contributed by atoms with Crippen molar-refractivity contribution in [2.24, 2.45) is 23.9 Å². The van der Waals surface area contributed by atoms with Crippen LogP contribution in [0.4, 0.5) is 0 Å². The van der Waals surface area contributed by atoms with E-state index in [0.29, 0.717) is 6.04 Å². The quantitative estimate of drug-likeness (QED) is 0.402. The van der Waals surface area contributed by atoms with Crippen LogP contribution in [0.1, 0.15) is 57.1 Å². The van der Waals surface area contributed by atoms with Gasteiger partial charge in [-0.05, 0) is 25.2 Å². The summed E-state index contributed by atoms with van der Waals surface area (Å²) in [7, 11) is 1.95. The number of halogens is 1. The Kier molecular flexibility index (Phi) is 7.42. The van der Waals surface area contributed by atoms with Crippen LogP contribution in [-0.2, 0) is 11.8 Å². The molecule has 6 nitrogen and oxygen atoms in total. The molecule has 0 bridgehead atoms. The standard InChI is InChI=1S/C20H33N5O.HI/c1-3-21-20(23-18-11-17(18)15-7-5-4-6-8-15)25-9-10-26-19(14-25)16-12-22-24(2)13-16;/h12-13,15,17-19H,3-11,14H2,1-2H3,(H,21,23);1H. The number of ether oxygens (including phenoxy) is 1. The van der Waals surface area contributed by atoms with Gasteiger partial charge >= 0.3 is 0 Å². The van der Waals surface area contributed by atoms with E-state index in [9.17, 15) is 0 Å². The van der Waals surface area contributed by atoms with Crippen molar-refractivity contribution in [3.63, 3.8) is 0 Å². The summed E-state index contributed by atoms with van der Waals surface area (Å²) in [4.78, 5) is 7.17. The Hall–Kier alpha value is -0.830. The second-order valence-corrected chi connectivity index (χ2v) is 8.10. The normalized spacial score (nSPS) is 29.3. The number of hydrogen-bond acceptors (Lipinski definition) is 3. The van der Waals surface area contributed by atoms with Gasteiger partial charge in [-0.15, -0.1) is 24.0 Å². The van der Waals surface area contributed by atoms with Crippen molar-refractivity contribution >= 4 is 29.9 Å². The smallest absolute Gasteiger partial charge is 0.194 e. The van der Waals surface area contributed by atoms with Gasteiger partial charge in [0.25, 0.3) is 0 Å². The highest BCUT2D eigenvalue weighted by molar-refractivity contribution is 14.0. The second kappa shape index (κ2) is 9.58. The molecule has 7 heteroatoms. The summed E-state index contributed by atoms with van der Waals surface area (Å²) >= 11 is 0. The van der Waals surface area contributed by atoms with Gasteiger partial charge in [0, 0.05) is 37.9 Å². The SMILES string of the molecule is CCN=C(NC1CC1C1CCCCC1)N1CCOC(c2cnn(C)c2)C1.I. The van der Waals surface area contributed by atoms with Crippen LogP contribution in [0.25, 0.3) is 0 Å². The van der Waals surface area contributed by atoms with Gasteiger partial charge in [-0.3, -0.25) is 9.67 Å². The van der Waals surface area contributed by atoms with E-state index in [2.05, 4.69) is 28.4 Å². The number of hydrogen-bond donors (Lipinski definition) is 1. The summed E-state index contributed by atoms with van der Waals surface area (Å²) in [6, 6.07) is 0.628. The molecule has 3 unspecified atom stereocenters. The highest BCUT2D eigenvalue weighted by Crippen LogP contribution is 2.44. The number of guanidine groups is 1. The molecule has 1 aliphatic heterocycles. The van der Waals surface area contributed by atoms with Crippen LogP contribution in [0.5, 0.6) is 0 Å². The van der Waals surface area contributed by atoms with Gasteiger partial charge in [-0.1, -0.05) is 32.1 Å². The van der Waals surface area contributed by atoms with E-state index in [1.807, 2.05) is 17.9 Å². The predicted molar refractivity (Wildman–Crippen MR) is 118 cm³/mol. The molecule has 1 saturated heterocycles. The first-order valence-corrected chi connectivity index (χ1v) is 10.4. The topological polar surface area (TPSA) is 54.7 Å². The number of aliphatic imine (C=N–C) groups is 1. The van der Waals surface area contributed by atoms with E-state index in [4.69, 9.17) is 9.73 Å². The van der Waals surface area contributed by atoms with Gasteiger partial charge < -0.3 is 15.0 Å². The van der Waals surface area contributed by atoms with Crippen molar-refractivity contribution < 1.29 is 4.74 Å². The Balaban J connectivity index is 0.00000210. The highest BCUT2D eigenvalue weighted by atomic mass is 127. The van der Waals surface area contributed by atoms with Crippen LogP contribution in [-0.4, -0.2) is 52.9 Å². The molecular formula is C20H34IN5O. The maximum atomic E-state index is 6.00. The Morgan fingerprint density at radius 2 is 2.15 bits per heavy atom. The lowest BCUT2D eigenvalue weighted by Crippen LogP contribution is -2.49. The van der Waals surface area contributed by atoms with Crippen molar-refractivity contribution in [1.82, 2.24) is 20.0 Å². The molecule has 0 amide bonds. The average Bonchev–Trinajstić information content (AvgIpc) is 3.31. The Labute approximate surface area is 180 Å². The third kappa shape index (κ3) is 5.16. The number of nitrogens with one attached hydrogen (secondary N) is 1. The van der Waals surface area contributed by atoms with Gasteiger partial charge in [0.1, 0.15) is 6.10 Å². The summed E-state index contributed by atoms with van der Waals surface area (Å²) < 4.78 is 7.84. The molecule has 2 aliphatic carbocycles. The van der Waals surface area contributed by atoms with E-state index in [-0.39, 0.29) is 30.1 Å². The third-order valence-corrected chi connectivity index (χ3v) is 6.18. The van der Waals surface area contributed by atoms with Crippen LogP contribution in [0.15, 0.2) is 17.4 Å². The third-order valence-electron chi connectivity index (χ3n) is 6.18. The zero-order valence-corrected chi connectivity index (χ0v) is 19.0. The van der Waals surface area contributed by atoms with E-state index in [1.165, 1.54) is 38.5 Å². The van der Waals surface area contributed by atoms with E-state index < -0.39 is 0 Å². The first-order chi connectivity index (χ1) is 12.7. The van der Waals surface area contributed by atoms with Crippen LogP contribution in [0.2, 0.25) is 0 Å². The lowest BCUT2D eigenvalue weighted by Gasteiger charge is -2.35. The van der Waals surface area contributed by atoms with Gasteiger partial charge in [0.05, 0.1) is 19.3 Å². The maximum Gasteiger partial charge on any atom is 0.194 e. The molecule has 1 aromatic heterocycles. The Bertz CT molecular complexity index is 628. The van der Waals surface area contributed by atoms with E-state index in [0.717, 1.165) is 49.6 Å². The van der Waals surface area contributed by atoms with E-state index >= 15 is 0 Å². The summed E-state index contributed by atoms with van der Waals surface area (Å²) in [5, 5.41) is 8.08. The maximum absolute atomic E-state index is 6.00. The molecule has 1 N–H and O–H groups in total. The molecule has 2 heterocycles. The number of aromatic nitrogens is 2. The van der Waals surface area contributed by atoms with Crippen LogP contribution >= 0.6 is 24.0 Å². The molecule has 0 spiro atoms. The average molecular weight is 487 g/mol. The molecule has 4 rings (SSSR count). The predicted octanol–water partition coefficient (Wildman–Crippen LogP) is 3.35. The molecule has 0 radical (unpaired) electrons. The fourth-order valence-corrected chi connectivity index (χ4v) is 4.67. The van der Waals surface area contributed by atoms with Crippen molar-refractivity contribution in [1.29, 1.82) is 0 Å². The zero-order chi connectivity index (χ0) is 17.9. The molecule has 2 saturated carbocycles. The van der Waals surface area contributed by atoms with Crippen LogP contribution < -0.4 is 5.32 Å². The number of morpholine rings is 1. The minimum Gasteiger partial charge on any atom is -0.370 e.